The van der Waals surface area contributed by atoms with Crippen molar-refractivity contribution in [3.8, 4) is 0 Å². The van der Waals surface area contributed by atoms with Crippen molar-refractivity contribution >= 4 is 5.71 Å². The molecule has 0 bridgehead atoms. The van der Waals surface area contributed by atoms with Gasteiger partial charge in [0, 0.05) is 5.71 Å². The molecule has 0 aromatic rings. The van der Waals surface area contributed by atoms with Crippen LogP contribution < -0.4 is 0 Å². The summed E-state index contributed by atoms with van der Waals surface area (Å²) in [5.41, 5.74) is 0.966. The molecule has 64 valence electrons. The molecule has 1 N–H and O–H groups in total. The van der Waals surface area contributed by atoms with Gasteiger partial charge in [-0.1, -0.05) is 20.8 Å². The maximum atomic E-state index is 7.64. The molecule has 1 rings (SSSR count). The van der Waals surface area contributed by atoms with Crippen LogP contribution in [-0.4, -0.2) is 5.71 Å². The summed E-state index contributed by atoms with van der Waals surface area (Å²) in [5.74, 6) is 2.34. The molecule has 1 fully saturated rings. The van der Waals surface area contributed by atoms with Crippen LogP contribution >= 0.6 is 0 Å². The second-order valence-corrected chi connectivity index (χ2v) is 4.16. The lowest BCUT2D eigenvalue weighted by atomic mass is 9.84. The Labute approximate surface area is 69.7 Å². The number of rotatable bonds is 0. The lowest BCUT2D eigenvalue weighted by molar-refractivity contribution is 0.288. The van der Waals surface area contributed by atoms with Gasteiger partial charge in [-0.05, 0) is 37.0 Å². The van der Waals surface area contributed by atoms with E-state index in [2.05, 4.69) is 20.8 Å². The first-order valence-electron chi connectivity index (χ1n) is 4.67. The van der Waals surface area contributed by atoms with Crippen molar-refractivity contribution in [3.05, 3.63) is 0 Å². The summed E-state index contributed by atoms with van der Waals surface area (Å²) in [6.07, 6.45) is 3.30. The monoisotopic (exact) mass is 153 g/mol. The predicted octanol–water partition coefficient (Wildman–Crippen LogP) is 3.10. The second-order valence-electron chi connectivity index (χ2n) is 4.16. The minimum Gasteiger partial charge on any atom is -0.310 e. The third-order valence-corrected chi connectivity index (χ3v) is 3.26. The second kappa shape index (κ2) is 3.38. The van der Waals surface area contributed by atoms with E-state index in [0.717, 1.165) is 36.3 Å². The van der Waals surface area contributed by atoms with E-state index in [-0.39, 0.29) is 0 Å². The Bertz CT molecular complexity index is 151. The first-order valence-corrected chi connectivity index (χ1v) is 4.67. The van der Waals surface area contributed by atoms with Crippen molar-refractivity contribution in [1.29, 1.82) is 5.41 Å². The molecule has 0 aliphatic heterocycles. The summed E-state index contributed by atoms with van der Waals surface area (Å²) < 4.78 is 0. The Hall–Kier alpha value is -0.330. The first-order chi connectivity index (χ1) is 5.11. The summed E-state index contributed by atoms with van der Waals surface area (Å²) in [6.45, 7) is 6.93. The van der Waals surface area contributed by atoms with Crippen LogP contribution in [0.1, 0.15) is 40.0 Å². The van der Waals surface area contributed by atoms with Gasteiger partial charge >= 0.3 is 0 Å². The molecule has 0 aromatic heterocycles. The molecule has 3 atom stereocenters. The quantitative estimate of drug-likeness (QED) is 0.517. The van der Waals surface area contributed by atoms with Gasteiger partial charge in [-0.3, -0.25) is 0 Å². The normalized spacial score (nSPS) is 40.3. The van der Waals surface area contributed by atoms with Gasteiger partial charge in [0.15, 0.2) is 0 Å². The summed E-state index contributed by atoms with van der Waals surface area (Å²) in [7, 11) is 0. The molecule has 1 heteroatoms. The number of hydrogen-bond acceptors (Lipinski definition) is 1. The molecular formula is C10H19N. The fourth-order valence-corrected chi connectivity index (χ4v) is 1.90. The smallest absolute Gasteiger partial charge is 0.00920 e. The van der Waals surface area contributed by atoms with Gasteiger partial charge in [0.2, 0.25) is 0 Å². The van der Waals surface area contributed by atoms with Crippen molar-refractivity contribution in [2.75, 3.05) is 0 Å². The van der Waals surface area contributed by atoms with Crippen molar-refractivity contribution in [2.24, 2.45) is 17.8 Å². The van der Waals surface area contributed by atoms with Crippen molar-refractivity contribution in [1.82, 2.24) is 0 Å². The molecule has 1 aliphatic rings. The van der Waals surface area contributed by atoms with E-state index in [1.165, 1.54) is 6.42 Å². The molecule has 0 spiro atoms. The van der Waals surface area contributed by atoms with Gasteiger partial charge < -0.3 is 5.41 Å². The maximum absolute atomic E-state index is 7.64. The fraction of sp³-hybridized carbons (Fsp3) is 0.900. The van der Waals surface area contributed by atoms with E-state index in [0.29, 0.717) is 0 Å². The summed E-state index contributed by atoms with van der Waals surface area (Å²) in [4.78, 5) is 0. The summed E-state index contributed by atoms with van der Waals surface area (Å²) in [6, 6.07) is 0. The highest BCUT2D eigenvalue weighted by atomic mass is 14.4. The van der Waals surface area contributed by atoms with E-state index in [1.807, 2.05) is 0 Å². The third kappa shape index (κ3) is 2.05. The van der Waals surface area contributed by atoms with E-state index in [1.54, 1.807) is 0 Å². The molecule has 1 nitrogen and oxygen atoms in total. The molecule has 1 saturated carbocycles. The molecule has 0 radical (unpaired) electrons. The minimum atomic E-state index is 0.722. The molecule has 0 aromatic carbocycles. The Morgan fingerprint density at radius 3 is 2.45 bits per heavy atom. The molecule has 1 aliphatic carbocycles. The van der Waals surface area contributed by atoms with E-state index in [4.69, 9.17) is 5.41 Å². The standard InChI is InChI=1S/C10H19N/c1-7-4-5-10(11)6-8(2)9(7)3/h7-9,11H,4-6H2,1-3H3. The lowest BCUT2D eigenvalue weighted by Gasteiger charge is -2.21. The van der Waals surface area contributed by atoms with E-state index in [9.17, 15) is 0 Å². The highest BCUT2D eigenvalue weighted by Crippen LogP contribution is 2.30. The van der Waals surface area contributed by atoms with Crippen LogP contribution in [0, 0.1) is 23.2 Å². The first kappa shape index (κ1) is 8.76. The lowest BCUT2D eigenvalue weighted by Crippen LogP contribution is -2.14. The Balaban J connectivity index is 2.61. The van der Waals surface area contributed by atoms with Gasteiger partial charge in [0.25, 0.3) is 0 Å². The highest BCUT2D eigenvalue weighted by Gasteiger charge is 2.23. The van der Waals surface area contributed by atoms with Gasteiger partial charge in [-0.2, -0.15) is 0 Å². The van der Waals surface area contributed by atoms with Crippen LogP contribution in [0.25, 0.3) is 0 Å². The van der Waals surface area contributed by atoms with Gasteiger partial charge in [0.05, 0.1) is 0 Å². The molecule has 11 heavy (non-hydrogen) atoms. The highest BCUT2D eigenvalue weighted by molar-refractivity contribution is 5.81. The van der Waals surface area contributed by atoms with Crippen LogP contribution in [0.3, 0.4) is 0 Å². The van der Waals surface area contributed by atoms with Crippen LogP contribution in [0.2, 0.25) is 0 Å². The zero-order valence-corrected chi connectivity index (χ0v) is 7.85. The zero-order valence-electron chi connectivity index (χ0n) is 7.85. The van der Waals surface area contributed by atoms with Crippen molar-refractivity contribution in [3.63, 3.8) is 0 Å². The van der Waals surface area contributed by atoms with E-state index < -0.39 is 0 Å². The number of hydrogen-bond donors (Lipinski definition) is 1. The fourth-order valence-electron chi connectivity index (χ4n) is 1.90. The maximum Gasteiger partial charge on any atom is 0.00920 e. The summed E-state index contributed by atoms with van der Waals surface area (Å²) in [5, 5.41) is 7.64. The predicted molar refractivity (Wildman–Crippen MR) is 49.1 cm³/mol. The van der Waals surface area contributed by atoms with Crippen molar-refractivity contribution in [2.45, 2.75) is 40.0 Å². The van der Waals surface area contributed by atoms with E-state index >= 15 is 0 Å². The summed E-state index contributed by atoms with van der Waals surface area (Å²) >= 11 is 0. The SMILES string of the molecule is CC1CCC(=N)CC(C)C1C. The topological polar surface area (TPSA) is 23.9 Å². The Kier molecular flexibility index (Phi) is 2.69. The molecule has 0 heterocycles. The molecular weight excluding hydrogens is 134 g/mol. The number of nitrogens with one attached hydrogen (secondary N) is 1. The average molecular weight is 153 g/mol. The van der Waals surface area contributed by atoms with Crippen LogP contribution in [0.4, 0.5) is 0 Å². The average Bonchev–Trinajstić information content (AvgIpc) is 2.05. The largest absolute Gasteiger partial charge is 0.310 e. The minimum absolute atomic E-state index is 0.722. The van der Waals surface area contributed by atoms with Crippen molar-refractivity contribution < 1.29 is 0 Å². The zero-order chi connectivity index (χ0) is 8.43. The van der Waals surface area contributed by atoms with Crippen LogP contribution in [-0.2, 0) is 0 Å². The van der Waals surface area contributed by atoms with Gasteiger partial charge in [-0.25, -0.2) is 0 Å². The van der Waals surface area contributed by atoms with Gasteiger partial charge in [0.1, 0.15) is 0 Å². The Morgan fingerprint density at radius 2 is 1.82 bits per heavy atom. The van der Waals surface area contributed by atoms with Crippen LogP contribution in [0.5, 0.6) is 0 Å². The molecule has 3 unspecified atom stereocenters. The molecule has 0 saturated heterocycles. The molecule has 0 amide bonds. The van der Waals surface area contributed by atoms with Crippen LogP contribution in [0.15, 0.2) is 0 Å². The third-order valence-electron chi connectivity index (χ3n) is 3.26. The van der Waals surface area contributed by atoms with Gasteiger partial charge in [-0.15, -0.1) is 0 Å². The Morgan fingerprint density at radius 1 is 1.18 bits per heavy atom.